The fourth-order valence-electron chi connectivity index (χ4n) is 4.68. The van der Waals surface area contributed by atoms with Gasteiger partial charge in [0.2, 0.25) is 8.32 Å². The highest BCUT2D eigenvalue weighted by Crippen LogP contribution is 2.47. The van der Waals surface area contributed by atoms with Gasteiger partial charge in [-0.2, -0.15) is 0 Å². The average Bonchev–Trinajstić information content (AvgIpc) is 2.58. The van der Waals surface area contributed by atoms with Crippen molar-refractivity contribution in [2.24, 2.45) is 11.8 Å². The molecule has 120 valence electrons. The molecule has 3 heteroatoms. The van der Waals surface area contributed by atoms with Crippen molar-refractivity contribution in [3.05, 3.63) is 0 Å². The average molecular weight is 301 g/mol. The highest BCUT2D eigenvalue weighted by Gasteiger charge is 2.50. The van der Waals surface area contributed by atoms with Crippen LogP contribution >= 0.6 is 0 Å². The monoisotopic (exact) mass is 300 g/mol. The number of hydrogen-bond acceptors (Lipinski definition) is 2. The zero-order valence-corrected chi connectivity index (χ0v) is 15.8. The Morgan fingerprint density at radius 2 is 1.50 bits per heavy atom. The van der Waals surface area contributed by atoms with Crippen molar-refractivity contribution in [2.75, 3.05) is 0 Å². The Kier molecular flexibility index (Phi) is 6.30. The van der Waals surface area contributed by atoms with Crippen LogP contribution < -0.4 is 0 Å². The summed E-state index contributed by atoms with van der Waals surface area (Å²) in [5, 5.41) is 10.3. The maximum absolute atomic E-state index is 10.3. The van der Waals surface area contributed by atoms with Crippen LogP contribution in [0.3, 0.4) is 0 Å². The summed E-state index contributed by atoms with van der Waals surface area (Å²) in [5.41, 5.74) is 1.85. The van der Waals surface area contributed by atoms with Crippen LogP contribution in [0.1, 0.15) is 68.2 Å². The van der Waals surface area contributed by atoms with E-state index in [0.29, 0.717) is 28.5 Å². The van der Waals surface area contributed by atoms with E-state index in [4.69, 9.17) is 4.43 Å². The number of aliphatic hydroxyl groups excluding tert-OH is 1. The zero-order chi connectivity index (χ0) is 15.7. The molecular weight excluding hydrogens is 264 g/mol. The van der Waals surface area contributed by atoms with Crippen LogP contribution in [0.15, 0.2) is 0 Å². The maximum atomic E-state index is 10.3. The van der Waals surface area contributed by atoms with Gasteiger partial charge in [0.1, 0.15) is 0 Å². The molecule has 1 fully saturated rings. The molecule has 0 aliphatic heterocycles. The van der Waals surface area contributed by atoms with Gasteiger partial charge in [0, 0.05) is 5.92 Å². The van der Waals surface area contributed by atoms with Crippen LogP contribution in [0.2, 0.25) is 16.6 Å². The summed E-state index contributed by atoms with van der Waals surface area (Å²) in [4.78, 5) is 0. The first-order chi connectivity index (χ1) is 9.18. The van der Waals surface area contributed by atoms with Crippen LogP contribution in [0.5, 0.6) is 0 Å². The van der Waals surface area contributed by atoms with E-state index >= 15 is 0 Å². The first-order valence-corrected chi connectivity index (χ1v) is 10.7. The van der Waals surface area contributed by atoms with Crippen molar-refractivity contribution >= 4 is 8.32 Å². The second kappa shape index (κ2) is 6.93. The van der Waals surface area contributed by atoms with Crippen LogP contribution in [-0.4, -0.2) is 25.6 Å². The topological polar surface area (TPSA) is 29.5 Å². The molecule has 0 aromatic carbocycles. The standard InChI is InChI=1S/C17H36O2Si/c1-9-15-16(18)10-14(8)17(15)19-20(11(2)3,12(4)5)13(6)7/h11-18H,9-10H2,1-8H3. The highest BCUT2D eigenvalue weighted by molar-refractivity contribution is 6.77. The van der Waals surface area contributed by atoms with E-state index in [0.717, 1.165) is 12.8 Å². The molecule has 1 saturated carbocycles. The van der Waals surface area contributed by atoms with Crippen molar-refractivity contribution in [1.29, 1.82) is 0 Å². The van der Waals surface area contributed by atoms with Crippen molar-refractivity contribution < 1.29 is 9.53 Å². The largest absolute Gasteiger partial charge is 0.412 e. The van der Waals surface area contributed by atoms with E-state index in [1.54, 1.807) is 0 Å². The van der Waals surface area contributed by atoms with E-state index < -0.39 is 8.32 Å². The Bertz CT molecular complexity index is 280. The third kappa shape index (κ3) is 3.15. The predicted octanol–water partition coefficient (Wildman–Crippen LogP) is 4.97. The van der Waals surface area contributed by atoms with Crippen molar-refractivity contribution in [1.82, 2.24) is 0 Å². The minimum Gasteiger partial charge on any atom is -0.412 e. The fraction of sp³-hybridized carbons (Fsp3) is 1.00. The van der Waals surface area contributed by atoms with E-state index in [9.17, 15) is 5.11 Å². The molecule has 0 saturated heterocycles. The summed E-state index contributed by atoms with van der Waals surface area (Å²) in [5.74, 6) is 0.811. The maximum Gasteiger partial charge on any atom is 0.200 e. The molecule has 0 heterocycles. The predicted molar refractivity (Wildman–Crippen MR) is 89.5 cm³/mol. The number of rotatable bonds is 6. The van der Waals surface area contributed by atoms with Crippen LogP contribution in [0.25, 0.3) is 0 Å². The molecule has 0 aromatic heterocycles. The summed E-state index contributed by atoms with van der Waals surface area (Å²) in [6.45, 7) is 18.5. The molecular formula is C17H36O2Si. The van der Waals surface area contributed by atoms with Gasteiger partial charge in [0.15, 0.2) is 0 Å². The van der Waals surface area contributed by atoms with Gasteiger partial charge >= 0.3 is 0 Å². The Balaban J connectivity index is 3.06. The smallest absolute Gasteiger partial charge is 0.200 e. The first-order valence-electron chi connectivity index (χ1n) is 8.54. The molecule has 1 N–H and O–H groups in total. The molecule has 4 unspecified atom stereocenters. The lowest BCUT2D eigenvalue weighted by molar-refractivity contribution is 0.0580. The molecule has 0 bridgehead atoms. The third-order valence-electron chi connectivity index (χ3n) is 5.61. The molecule has 0 aromatic rings. The SMILES string of the molecule is CCC1C(O)CC(C)C1O[Si](C(C)C)(C(C)C)C(C)C. The molecule has 1 aliphatic rings. The summed E-state index contributed by atoms with van der Waals surface area (Å²) < 4.78 is 6.95. The van der Waals surface area contributed by atoms with Gasteiger partial charge in [-0.15, -0.1) is 0 Å². The molecule has 20 heavy (non-hydrogen) atoms. The van der Waals surface area contributed by atoms with Gasteiger partial charge in [-0.1, -0.05) is 55.4 Å². The van der Waals surface area contributed by atoms with Crippen molar-refractivity contribution in [3.63, 3.8) is 0 Å². The lowest BCUT2D eigenvalue weighted by atomic mass is 9.99. The molecule has 1 aliphatic carbocycles. The van der Waals surface area contributed by atoms with E-state index in [2.05, 4.69) is 55.4 Å². The molecule has 2 nitrogen and oxygen atoms in total. The second-order valence-corrected chi connectivity index (χ2v) is 13.2. The Hall–Kier alpha value is 0.137. The molecule has 0 spiro atoms. The highest BCUT2D eigenvalue weighted by atomic mass is 28.4. The van der Waals surface area contributed by atoms with Gasteiger partial charge in [0.25, 0.3) is 0 Å². The lowest BCUT2D eigenvalue weighted by Gasteiger charge is -2.46. The van der Waals surface area contributed by atoms with Gasteiger partial charge < -0.3 is 9.53 Å². The molecule has 1 rings (SSSR count). The van der Waals surface area contributed by atoms with Gasteiger partial charge in [0.05, 0.1) is 12.2 Å². The Labute approximate surface area is 127 Å². The van der Waals surface area contributed by atoms with E-state index in [-0.39, 0.29) is 12.2 Å². The minimum absolute atomic E-state index is 0.168. The molecule has 0 amide bonds. The van der Waals surface area contributed by atoms with Crippen molar-refractivity contribution in [3.8, 4) is 0 Å². The third-order valence-corrected chi connectivity index (χ3v) is 11.7. The first kappa shape index (κ1) is 18.2. The number of aliphatic hydroxyl groups is 1. The molecule has 0 radical (unpaired) electrons. The van der Waals surface area contributed by atoms with Gasteiger partial charge in [-0.25, -0.2) is 0 Å². The number of hydrogen-bond donors (Lipinski definition) is 1. The summed E-state index contributed by atoms with van der Waals surface area (Å²) in [6.07, 6.45) is 2.02. The van der Waals surface area contributed by atoms with Crippen LogP contribution in [0.4, 0.5) is 0 Å². The lowest BCUT2D eigenvalue weighted by Crippen LogP contribution is -2.52. The van der Waals surface area contributed by atoms with Crippen molar-refractivity contribution in [2.45, 2.75) is 97.1 Å². The van der Waals surface area contributed by atoms with E-state index in [1.165, 1.54) is 0 Å². The zero-order valence-electron chi connectivity index (χ0n) is 14.8. The molecule has 4 atom stereocenters. The normalized spacial score (nSPS) is 31.8. The Morgan fingerprint density at radius 3 is 1.85 bits per heavy atom. The second-order valence-electron chi connectivity index (χ2n) is 7.75. The van der Waals surface area contributed by atoms with Crippen LogP contribution in [-0.2, 0) is 4.43 Å². The fourth-order valence-corrected chi connectivity index (χ4v) is 10.4. The van der Waals surface area contributed by atoms with Gasteiger partial charge in [-0.3, -0.25) is 0 Å². The quantitative estimate of drug-likeness (QED) is 0.701. The Morgan fingerprint density at radius 1 is 1.05 bits per heavy atom. The summed E-state index contributed by atoms with van der Waals surface area (Å²) >= 11 is 0. The summed E-state index contributed by atoms with van der Waals surface area (Å²) in [7, 11) is -1.83. The minimum atomic E-state index is -1.83. The van der Waals surface area contributed by atoms with Crippen LogP contribution in [0, 0.1) is 11.8 Å². The van der Waals surface area contributed by atoms with E-state index in [1.807, 2.05) is 0 Å². The van der Waals surface area contributed by atoms with Gasteiger partial charge in [-0.05, 0) is 35.4 Å². The summed E-state index contributed by atoms with van der Waals surface area (Å²) in [6, 6.07) is 0.